The van der Waals surface area contributed by atoms with Gasteiger partial charge in [0.2, 0.25) is 0 Å². The largest absolute Gasteiger partial charge is 0.352 e. The second kappa shape index (κ2) is 4.07. The number of pyridine rings is 1. The van der Waals surface area contributed by atoms with Crippen molar-refractivity contribution in [2.75, 3.05) is 11.4 Å². The molecule has 0 aliphatic carbocycles. The minimum absolute atomic E-state index is 0.285. The Kier molecular flexibility index (Phi) is 2.53. The summed E-state index contributed by atoms with van der Waals surface area (Å²) < 4.78 is 0. The first-order valence-corrected chi connectivity index (χ1v) is 6.07. The van der Waals surface area contributed by atoms with Gasteiger partial charge in [-0.05, 0) is 13.3 Å². The molecule has 1 aliphatic rings. The zero-order valence-electron chi connectivity index (χ0n) is 9.76. The average molecular weight is 260 g/mol. The highest BCUT2D eigenvalue weighted by Crippen LogP contribution is 2.31. The summed E-state index contributed by atoms with van der Waals surface area (Å²) in [4.78, 5) is 15.0. The van der Waals surface area contributed by atoms with E-state index in [9.17, 15) is 0 Å². The van der Waals surface area contributed by atoms with Gasteiger partial charge in [-0.2, -0.15) is 5.26 Å². The van der Waals surface area contributed by atoms with Gasteiger partial charge in [-0.1, -0.05) is 11.6 Å². The van der Waals surface area contributed by atoms with E-state index in [4.69, 9.17) is 16.9 Å². The van der Waals surface area contributed by atoms with Gasteiger partial charge in [0.15, 0.2) is 11.5 Å². The molecule has 1 aliphatic heterocycles. The van der Waals surface area contributed by atoms with Crippen LogP contribution in [0.5, 0.6) is 0 Å². The van der Waals surface area contributed by atoms with Gasteiger partial charge in [0.25, 0.3) is 0 Å². The molecule has 1 atom stereocenters. The highest BCUT2D eigenvalue weighted by Gasteiger charge is 2.27. The van der Waals surface area contributed by atoms with Gasteiger partial charge < -0.3 is 4.90 Å². The lowest BCUT2D eigenvalue weighted by Gasteiger charge is -2.39. The summed E-state index contributed by atoms with van der Waals surface area (Å²) in [6, 6.07) is 4.05. The number of nitrogens with zero attached hydrogens (tertiary/aromatic N) is 5. The summed E-state index contributed by atoms with van der Waals surface area (Å²) in [6.45, 7) is 3.08. The Morgan fingerprint density at radius 2 is 2.33 bits per heavy atom. The van der Waals surface area contributed by atoms with Crippen LogP contribution in [0.25, 0.3) is 11.0 Å². The molecule has 0 aromatic carbocycles. The maximum absolute atomic E-state index is 8.83. The molecule has 2 aromatic rings. The summed E-state index contributed by atoms with van der Waals surface area (Å²) in [5, 5.41) is 9.21. The Labute approximate surface area is 109 Å². The quantitative estimate of drug-likeness (QED) is 0.734. The molecule has 0 radical (unpaired) electrons. The number of anilines is 1. The normalized spacial score (nSPS) is 18.5. The number of aromatic nitrogens is 3. The maximum Gasteiger partial charge on any atom is 0.159 e. The predicted molar refractivity (Wildman–Crippen MR) is 68.5 cm³/mol. The van der Waals surface area contributed by atoms with Crippen molar-refractivity contribution in [1.82, 2.24) is 15.0 Å². The van der Waals surface area contributed by atoms with Crippen LogP contribution in [-0.2, 0) is 0 Å². The molecule has 0 saturated carbocycles. The molecule has 5 nitrogen and oxygen atoms in total. The molecule has 3 rings (SSSR count). The van der Waals surface area contributed by atoms with Crippen LogP contribution in [0.4, 0.5) is 5.82 Å². The third-order valence-corrected chi connectivity index (χ3v) is 3.38. The van der Waals surface area contributed by atoms with E-state index >= 15 is 0 Å². The van der Waals surface area contributed by atoms with Crippen molar-refractivity contribution in [2.45, 2.75) is 19.4 Å². The second-order valence-electron chi connectivity index (χ2n) is 4.33. The molecule has 6 heteroatoms. The van der Waals surface area contributed by atoms with E-state index in [1.54, 1.807) is 6.07 Å². The van der Waals surface area contributed by atoms with E-state index in [2.05, 4.69) is 26.8 Å². The van der Waals surface area contributed by atoms with Crippen molar-refractivity contribution in [1.29, 1.82) is 5.26 Å². The highest BCUT2D eigenvalue weighted by atomic mass is 35.5. The Hall–Kier alpha value is -1.93. The Balaban J connectivity index is 2.22. The molecule has 2 aromatic heterocycles. The lowest BCUT2D eigenvalue weighted by molar-refractivity contribution is 0.477. The number of nitriles is 1. The second-order valence-corrected chi connectivity index (χ2v) is 4.72. The predicted octanol–water partition coefficient (Wildman–Crippen LogP) is 2.15. The van der Waals surface area contributed by atoms with E-state index in [0.29, 0.717) is 22.2 Å². The van der Waals surface area contributed by atoms with Crippen molar-refractivity contribution < 1.29 is 0 Å². The molecule has 1 saturated heterocycles. The van der Waals surface area contributed by atoms with Crippen LogP contribution in [0, 0.1) is 11.3 Å². The van der Waals surface area contributed by atoms with E-state index in [1.807, 2.05) is 6.07 Å². The van der Waals surface area contributed by atoms with E-state index < -0.39 is 0 Å². The molecule has 0 amide bonds. The third-order valence-electron chi connectivity index (χ3n) is 3.19. The maximum atomic E-state index is 8.83. The summed E-state index contributed by atoms with van der Waals surface area (Å²) in [5.41, 5.74) is 1.60. The smallest absolute Gasteiger partial charge is 0.159 e. The summed E-state index contributed by atoms with van der Waals surface area (Å²) in [5.74, 6) is 0.758. The monoisotopic (exact) mass is 259 g/mol. The van der Waals surface area contributed by atoms with Crippen LogP contribution < -0.4 is 4.90 Å². The van der Waals surface area contributed by atoms with E-state index in [0.717, 1.165) is 18.8 Å². The number of fused-ring (bicyclic) bond motifs is 1. The fourth-order valence-electron chi connectivity index (χ4n) is 2.06. The fraction of sp³-hybridized carbons (Fsp3) is 0.333. The van der Waals surface area contributed by atoms with Crippen LogP contribution in [0.1, 0.15) is 19.0 Å². The molecule has 1 fully saturated rings. The minimum atomic E-state index is 0.285. The van der Waals surface area contributed by atoms with Gasteiger partial charge in [0.1, 0.15) is 16.7 Å². The van der Waals surface area contributed by atoms with Gasteiger partial charge in [-0.15, -0.1) is 0 Å². The SMILES string of the molecule is CC1CCN1c1nc(Cl)cc2nc(C#N)cnc12. The topological polar surface area (TPSA) is 65.7 Å². The van der Waals surface area contributed by atoms with Crippen LogP contribution >= 0.6 is 11.6 Å². The van der Waals surface area contributed by atoms with Crippen molar-refractivity contribution in [3.05, 3.63) is 23.1 Å². The summed E-state index contributed by atoms with van der Waals surface area (Å²) >= 11 is 6.00. The first-order chi connectivity index (χ1) is 8.69. The van der Waals surface area contributed by atoms with Crippen molar-refractivity contribution in [2.24, 2.45) is 0 Å². The van der Waals surface area contributed by atoms with Crippen LogP contribution in [0.3, 0.4) is 0 Å². The molecular weight excluding hydrogens is 250 g/mol. The standard InChI is InChI=1S/C12H10ClN5/c1-7-2-3-18(7)12-11-9(4-10(13)17-12)16-8(5-14)6-15-11/h4,6-7H,2-3H2,1H3. The molecule has 0 bridgehead atoms. The van der Waals surface area contributed by atoms with Crippen molar-refractivity contribution in [3.63, 3.8) is 0 Å². The van der Waals surface area contributed by atoms with E-state index in [-0.39, 0.29) is 5.69 Å². The highest BCUT2D eigenvalue weighted by molar-refractivity contribution is 6.30. The van der Waals surface area contributed by atoms with Gasteiger partial charge in [0, 0.05) is 18.7 Å². The van der Waals surface area contributed by atoms with Crippen LogP contribution in [0.15, 0.2) is 12.3 Å². The lowest BCUT2D eigenvalue weighted by atomic mass is 10.1. The fourth-order valence-corrected chi connectivity index (χ4v) is 2.24. The first kappa shape index (κ1) is 11.2. The zero-order chi connectivity index (χ0) is 12.7. The Morgan fingerprint density at radius 1 is 1.50 bits per heavy atom. The molecule has 0 N–H and O–H groups in total. The lowest BCUT2D eigenvalue weighted by Crippen LogP contribution is -2.46. The van der Waals surface area contributed by atoms with Gasteiger partial charge in [-0.3, -0.25) is 0 Å². The zero-order valence-corrected chi connectivity index (χ0v) is 10.5. The first-order valence-electron chi connectivity index (χ1n) is 5.69. The summed E-state index contributed by atoms with van der Waals surface area (Å²) in [6.07, 6.45) is 2.60. The average Bonchev–Trinajstić information content (AvgIpc) is 2.36. The third kappa shape index (κ3) is 1.66. The number of hydrogen-bond acceptors (Lipinski definition) is 5. The number of hydrogen-bond donors (Lipinski definition) is 0. The number of halogens is 1. The molecule has 3 heterocycles. The van der Waals surface area contributed by atoms with Crippen molar-refractivity contribution in [3.8, 4) is 6.07 Å². The van der Waals surface area contributed by atoms with Gasteiger partial charge in [0.05, 0.1) is 11.7 Å². The van der Waals surface area contributed by atoms with Crippen LogP contribution in [0.2, 0.25) is 5.15 Å². The molecule has 1 unspecified atom stereocenters. The number of rotatable bonds is 1. The molecule has 90 valence electrons. The van der Waals surface area contributed by atoms with Crippen LogP contribution in [-0.4, -0.2) is 27.5 Å². The van der Waals surface area contributed by atoms with Gasteiger partial charge in [-0.25, -0.2) is 15.0 Å². The van der Waals surface area contributed by atoms with Crippen molar-refractivity contribution >= 4 is 28.5 Å². The molecule has 0 spiro atoms. The van der Waals surface area contributed by atoms with E-state index in [1.165, 1.54) is 6.20 Å². The summed E-state index contributed by atoms with van der Waals surface area (Å²) in [7, 11) is 0. The Morgan fingerprint density at radius 3 is 2.94 bits per heavy atom. The Bertz CT molecular complexity index is 663. The molecular formula is C12H10ClN5. The molecule has 18 heavy (non-hydrogen) atoms. The minimum Gasteiger partial charge on any atom is -0.352 e. The van der Waals surface area contributed by atoms with Gasteiger partial charge >= 0.3 is 0 Å².